The summed E-state index contributed by atoms with van der Waals surface area (Å²) < 4.78 is 34.3. The van der Waals surface area contributed by atoms with Gasteiger partial charge in [-0.05, 0) is 70.6 Å². The molecule has 0 N–H and O–H groups in total. The smallest absolute Gasteiger partial charge is 0.306 e. The molecule has 0 saturated carbocycles. The summed E-state index contributed by atoms with van der Waals surface area (Å²) in [6.07, 6.45) is 80.7. The average Bonchev–Trinajstić information content (AvgIpc) is 3.41. The lowest BCUT2D eigenvalue weighted by molar-refractivity contribution is -0.870. The number of carbonyl (C=O) groups excluding carboxylic acids is 2. The Labute approximate surface area is 488 Å². The molecule has 0 radical (unpaired) electrons. The van der Waals surface area contributed by atoms with Crippen molar-refractivity contribution in [3.05, 3.63) is 85.1 Å². The van der Waals surface area contributed by atoms with Crippen LogP contribution in [-0.2, 0) is 32.7 Å². The molecule has 2 atom stereocenters. The van der Waals surface area contributed by atoms with Crippen molar-refractivity contribution in [2.45, 2.75) is 296 Å². The summed E-state index contributed by atoms with van der Waals surface area (Å²) in [6.45, 7) is 4.15. The lowest BCUT2D eigenvalue weighted by Gasteiger charge is -2.28. The first kappa shape index (κ1) is 76.2. The number of phosphoric ester groups is 1. The van der Waals surface area contributed by atoms with Crippen molar-refractivity contribution in [1.82, 2.24) is 0 Å². The Bertz CT molecular complexity index is 1610. The predicted molar refractivity (Wildman–Crippen MR) is 337 cm³/mol. The zero-order valence-electron chi connectivity index (χ0n) is 52.1. The number of carbonyl (C=O) groups is 2. The van der Waals surface area contributed by atoms with Gasteiger partial charge < -0.3 is 27.9 Å². The second-order valence-corrected chi connectivity index (χ2v) is 24.5. The number of hydrogen-bond acceptors (Lipinski definition) is 8. The Balaban J connectivity index is 4.13. The molecule has 0 bridgehead atoms. The number of allylic oxidation sites excluding steroid dienone is 14. The minimum atomic E-state index is -4.65. The lowest BCUT2D eigenvalue weighted by atomic mass is 10.0. The Hall–Kier alpha value is -2.81. The minimum absolute atomic E-state index is 0.0356. The molecule has 2 unspecified atom stereocenters. The molecule has 0 aliphatic heterocycles. The highest BCUT2D eigenvalue weighted by Gasteiger charge is 2.22. The van der Waals surface area contributed by atoms with E-state index < -0.39 is 26.5 Å². The van der Waals surface area contributed by atoms with Crippen molar-refractivity contribution in [3.8, 4) is 0 Å². The second-order valence-electron chi connectivity index (χ2n) is 23.1. The fraction of sp³-hybridized carbons (Fsp3) is 0.768. The summed E-state index contributed by atoms with van der Waals surface area (Å²) in [5.41, 5.74) is 0. The third-order valence-electron chi connectivity index (χ3n) is 14.2. The zero-order valence-corrected chi connectivity index (χ0v) is 52.9. The van der Waals surface area contributed by atoms with Gasteiger partial charge in [0.15, 0.2) is 6.10 Å². The van der Waals surface area contributed by atoms with Crippen LogP contribution in [0.4, 0.5) is 0 Å². The van der Waals surface area contributed by atoms with Gasteiger partial charge in [-0.25, -0.2) is 0 Å². The molecule has 0 amide bonds. The van der Waals surface area contributed by atoms with E-state index in [1.54, 1.807) is 0 Å². The standard InChI is InChI=1S/C69H124NO8P/c1-6-8-10-12-14-16-18-20-22-24-26-28-30-32-34-35-36-38-40-42-44-46-48-50-52-54-56-58-60-62-69(72)78-67(66-77-79(73,74)76-64-63-70(3,4)5)65-75-68(71)61-59-57-55-53-51-49-47-45-43-41-39-37-33-31-29-27-25-23-21-19-17-15-13-11-9-7-2/h8,10,14,16,20,22,26,28,32,34,36,38,42,44,67H,6-7,9,11-13,15,17-19,21,23-25,27,29-31,33,35,37,39-41,43,45-66H2,1-5H3/b10-8-,16-14-,22-20-,28-26-,34-32-,38-36-,44-42-. The van der Waals surface area contributed by atoms with Gasteiger partial charge in [-0.1, -0.05) is 292 Å². The van der Waals surface area contributed by atoms with E-state index in [1.807, 2.05) is 21.1 Å². The number of unbranched alkanes of at least 4 members (excludes halogenated alkanes) is 32. The first-order valence-corrected chi connectivity index (χ1v) is 34.3. The topological polar surface area (TPSA) is 111 Å². The number of nitrogens with zero attached hydrogens (tertiary/aromatic N) is 1. The summed E-state index contributed by atoms with van der Waals surface area (Å²) in [6, 6.07) is 0. The Kier molecular flexibility index (Phi) is 57.7. The van der Waals surface area contributed by atoms with Gasteiger partial charge in [-0.15, -0.1) is 0 Å². The van der Waals surface area contributed by atoms with Gasteiger partial charge in [0, 0.05) is 12.8 Å². The Morgan fingerprint density at radius 1 is 0.405 bits per heavy atom. The lowest BCUT2D eigenvalue weighted by Crippen LogP contribution is -2.37. The molecule has 9 nitrogen and oxygen atoms in total. The number of quaternary nitrogens is 1. The number of phosphoric acid groups is 1. The van der Waals surface area contributed by atoms with E-state index in [1.165, 1.54) is 167 Å². The predicted octanol–water partition coefficient (Wildman–Crippen LogP) is 20.4. The maximum atomic E-state index is 12.8. The molecule has 79 heavy (non-hydrogen) atoms. The number of rotatable bonds is 60. The largest absolute Gasteiger partial charge is 0.756 e. The summed E-state index contributed by atoms with van der Waals surface area (Å²) >= 11 is 0. The van der Waals surface area contributed by atoms with Gasteiger partial charge in [0.2, 0.25) is 0 Å². The highest BCUT2D eigenvalue weighted by atomic mass is 31.2. The van der Waals surface area contributed by atoms with Crippen molar-refractivity contribution in [2.24, 2.45) is 0 Å². The summed E-state index contributed by atoms with van der Waals surface area (Å²) in [5.74, 6) is -0.839. The molecule has 0 spiro atoms. The monoisotopic (exact) mass is 1130 g/mol. The quantitative estimate of drug-likeness (QED) is 0.0195. The number of likely N-dealkylation sites (N-methyl/N-ethyl adjacent to an activating group) is 1. The van der Waals surface area contributed by atoms with Gasteiger partial charge in [0.05, 0.1) is 27.7 Å². The maximum absolute atomic E-state index is 12.8. The highest BCUT2D eigenvalue weighted by Crippen LogP contribution is 2.38. The van der Waals surface area contributed by atoms with Crippen LogP contribution < -0.4 is 4.89 Å². The van der Waals surface area contributed by atoms with Crippen LogP contribution in [0.15, 0.2) is 85.1 Å². The van der Waals surface area contributed by atoms with Crippen LogP contribution in [0.1, 0.15) is 290 Å². The molecule has 0 aromatic carbocycles. The fourth-order valence-electron chi connectivity index (χ4n) is 9.17. The summed E-state index contributed by atoms with van der Waals surface area (Å²) in [4.78, 5) is 38.0. The number of esters is 2. The molecule has 10 heteroatoms. The molecule has 0 saturated heterocycles. The van der Waals surface area contributed by atoms with Gasteiger partial charge >= 0.3 is 11.9 Å². The average molecular weight is 1130 g/mol. The van der Waals surface area contributed by atoms with E-state index in [9.17, 15) is 19.0 Å². The zero-order chi connectivity index (χ0) is 57.7. The van der Waals surface area contributed by atoms with Crippen LogP contribution in [0.25, 0.3) is 0 Å². The van der Waals surface area contributed by atoms with E-state index in [-0.39, 0.29) is 32.0 Å². The van der Waals surface area contributed by atoms with Crippen LogP contribution in [0.2, 0.25) is 0 Å². The van der Waals surface area contributed by atoms with Crippen molar-refractivity contribution in [3.63, 3.8) is 0 Å². The third-order valence-corrected chi connectivity index (χ3v) is 15.1. The molecule has 0 aliphatic carbocycles. The van der Waals surface area contributed by atoms with Crippen LogP contribution in [-0.4, -0.2) is 70.0 Å². The van der Waals surface area contributed by atoms with E-state index >= 15 is 0 Å². The molecule has 458 valence electrons. The SMILES string of the molecule is CC/C=C\C/C=C\C/C=C\C/C=C\C/C=C\C/C=C\C/C=C\CCCCCCCCCC(=O)OC(COC(=O)CCCCCCCCCCCCCCCCCCCCCCCCCCCC)COP(=O)([O-])OCC[N+](C)(C)C. The van der Waals surface area contributed by atoms with E-state index in [0.29, 0.717) is 17.4 Å². The molecule has 0 aliphatic rings. The van der Waals surface area contributed by atoms with Crippen LogP contribution >= 0.6 is 7.82 Å². The van der Waals surface area contributed by atoms with Gasteiger partial charge in [-0.3, -0.25) is 14.2 Å². The normalized spacial score (nSPS) is 13.7. The summed E-state index contributed by atoms with van der Waals surface area (Å²) in [5, 5.41) is 0. The summed E-state index contributed by atoms with van der Waals surface area (Å²) in [7, 11) is 1.16. The molecular weight excluding hydrogens is 1000 g/mol. The molecule has 0 fully saturated rings. The van der Waals surface area contributed by atoms with Crippen molar-refractivity contribution < 1.29 is 42.1 Å². The molecular formula is C69H124NO8P. The van der Waals surface area contributed by atoms with Gasteiger partial charge in [0.25, 0.3) is 7.82 Å². The molecule has 0 heterocycles. The second kappa shape index (κ2) is 59.8. The van der Waals surface area contributed by atoms with E-state index in [0.717, 1.165) is 89.9 Å². The first-order valence-electron chi connectivity index (χ1n) is 32.8. The fourth-order valence-corrected chi connectivity index (χ4v) is 9.90. The van der Waals surface area contributed by atoms with Crippen LogP contribution in [0, 0.1) is 0 Å². The third kappa shape index (κ3) is 64.2. The number of ether oxygens (including phenoxy) is 2. The van der Waals surface area contributed by atoms with Gasteiger partial charge in [-0.2, -0.15) is 0 Å². The number of hydrogen-bond donors (Lipinski definition) is 0. The first-order chi connectivity index (χ1) is 38.5. The van der Waals surface area contributed by atoms with E-state index in [4.69, 9.17) is 18.5 Å². The molecule has 0 aromatic rings. The molecule has 0 aromatic heterocycles. The van der Waals surface area contributed by atoms with Crippen molar-refractivity contribution >= 4 is 19.8 Å². The van der Waals surface area contributed by atoms with E-state index in [2.05, 4.69) is 98.9 Å². The van der Waals surface area contributed by atoms with Crippen LogP contribution in [0.5, 0.6) is 0 Å². The molecule has 0 rings (SSSR count). The minimum Gasteiger partial charge on any atom is -0.756 e. The van der Waals surface area contributed by atoms with Crippen molar-refractivity contribution in [1.29, 1.82) is 0 Å². The van der Waals surface area contributed by atoms with Gasteiger partial charge in [0.1, 0.15) is 19.8 Å². The highest BCUT2D eigenvalue weighted by molar-refractivity contribution is 7.45. The maximum Gasteiger partial charge on any atom is 0.306 e. The Morgan fingerprint density at radius 3 is 1.08 bits per heavy atom. The van der Waals surface area contributed by atoms with Crippen LogP contribution in [0.3, 0.4) is 0 Å². The Morgan fingerprint density at radius 2 is 0.722 bits per heavy atom. The van der Waals surface area contributed by atoms with Crippen molar-refractivity contribution in [2.75, 3.05) is 47.5 Å².